The van der Waals surface area contributed by atoms with Gasteiger partial charge < -0.3 is 4.98 Å². The van der Waals surface area contributed by atoms with Crippen LogP contribution in [-0.2, 0) is 26.3 Å². The predicted molar refractivity (Wildman–Crippen MR) is 110 cm³/mol. The molecule has 3 aromatic heterocycles. The molecule has 4 aromatic rings. The minimum Gasteiger partial charge on any atom is -0.349 e. The quantitative estimate of drug-likeness (QED) is 0.526. The molecule has 0 bridgehead atoms. The van der Waals surface area contributed by atoms with Gasteiger partial charge in [0.15, 0.2) is 0 Å². The predicted octanol–water partition coefficient (Wildman–Crippen LogP) is 3.37. The number of aromatic amines is 1. The Morgan fingerprint density at radius 2 is 1.94 bits per heavy atom. The minimum atomic E-state index is -4.41. The van der Waals surface area contributed by atoms with Crippen molar-refractivity contribution in [2.45, 2.75) is 32.6 Å². The minimum absolute atomic E-state index is 0.159. The fraction of sp³-hybridized carbons (Fsp3) is 0.286. The first-order chi connectivity index (χ1) is 14.7. The molecule has 0 unspecified atom stereocenters. The van der Waals surface area contributed by atoms with Gasteiger partial charge >= 0.3 is 11.9 Å². The van der Waals surface area contributed by atoms with Crippen LogP contribution in [0, 0.1) is 0 Å². The molecular weight excluding hydrogens is 411 g/mol. The van der Waals surface area contributed by atoms with Gasteiger partial charge in [0.1, 0.15) is 5.52 Å². The largest absolute Gasteiger partial charge is 0.416 e. The molecule has 1 N–H and O–H groups in total. The molecule has 0 fully saturated rings. The van der Waals surface area contributed by atoms with Crippen LogP contribution in [0.4, 0.5) is 13.2 Å². The lowest BCUT2D eigenvalue weighted by molar-refractivity contribution is -0.137. The number of benzene rings is 1. The lowest BCUT2D eigenvalue weighted by Gasteiger charge is -2.08. The van der Waals surface area contributed by atoms with E-state index in [1.807, 2.05) is 6.92 Å². The maximum absolute atomic E-state index is 12.9. The summed E-state index contributed by atoms with van der Waals surface area (Å²) >= 11 is 0. The molecule has 31 heavy (non-hydrogen) atoms. The van der Waals surface area contributed by atoms with E-state index < -0.39 is 11.7 Å². The lowest BCUT2D eigenvalue weighted by Crippen LogP contribution is -2.38. The Morgan fingerprint density at radius 1 is 1.16 bits per heavy atom. The smallest absolute Gasteiger partial charge is 0.349 e. The van der Waals surface area contributed by atoms with E-state index in [0.717, 1.165) is 12.1 Å². The molecular formula is C21H20F3N5O2. The summed E-state index contributed by atoms with van der Waals surface area (Å²) < 4.78 is 42.9. The van der Waals surface area contributed by atoms with Gasteiger partial charge in [0.05, 0.1) is 29.5 Å². The molecule has 10 heteroatoms. The first-order valence-electron chi connectivity index (χ1n) is 9.70. The van der Waals surface area contributed by atoms with Crippen molar-refractivity contribution in [3.05, 3.63) is 74.7 Å². The number of H-pyrrole nitrogens is 1. The maximum atomic E-state index is 12.9. The third-order valence-electron chi connectivity index (χ3n) is 5.13. The van der Waals surface area contributed by atoms with E-state index in [1.54, 1.807) is 31.6 Å². The van der Waals surface area contributed by atoms with Crippen LogP contribution in [0.25, 0.3) is 22.3 Å². The topological polar surface area (TPSA) is 77.6 Å². The van der Waals surface area contributed by atoms with Crippen LogP contribution in [0.2, 0.25) is 0 Å². The molecule has 0 aliphatic heterocycles. The molecule has 4 rings (SSSR count). The third-order valence-corrected chi connectivity index (χ3v) is 5.13. The number of nitrogens with zero attached hydrogens (tertiary/aromatic N) is 4. The van der Waals surface area contributed by atoms with Gasteiger partial charge in [-0.1, -0.05) is 19.1 Å². The number of nitrogens with one attached hydrogen (secondary N) is 1. The Balaban J connectivity index is 1.68. The monoisotopic (exact) mass is 431 g/mol. The molecule has 0 spiro atoms. The fourth-order valence-corrected chi connectivity index (χ4v) is 3.58. The van der Waals surface area contributed by atoms with Crippen LogP contribution in [0.1, 0.15) is 24.5 Å². The van der Waals surface area contributed by atoms with Gasteiger partial charge in [0.25, 0.3) is 5.56 Å². The number of aryl methyl sites for hydroxylation is 1. The average Bonchev–Trinajstić information content (AvgIpc) is 3.36. The van der Waals surface area contributed by atoms with Crippen LogP contribution >= 0.6 is 0 Å². The Hall–Kier alpha value is -3.56. The number of aromatic nitrogens is 5. The van der Waals surface area contributed by atoms with Crippen LogP contribution in [0.5, 0.6) is 0 Å². The molecule has 0 aliphatic rings. The van der Waals surface area contributed by atoms with Crippen LogP contribution in [0.15, 0.2) is 52.3 Å². The van der Waals surface area contributed by atoms with Gasteiger partial charge in [0, 0.05) is 25.4 Å². The Kier molecular flexibility index (Phi) is 5.08. The van der Waals surface area contributed by atoms with E-state index in [-0.39, 0.29) is 17.8 Å². The van der Waals surface area contributed by atoms with Crippen LogP contribution in [-0.4, -0.2) is 23.9 Å². The SMILES string of the molecule is CCCn1c(=O)c2[nH]c(-c3cnn(Cc4cccc(C(F)(F)F)c4)c3)cc2n(C)c1=O. The summed E-state index contributed by atoms with van der Waals surface area (Å²) in [6, 6.07) is 6.78. The first-order valence-corrected chi connectivity index (χ1v) is 9.70. The zero-order chi connectivity index (χ0) is 22.3. The second-order valence-electron chi connectivity index (χ2n) is 7.37. The zero-order valence-electron chi connectivity index (χ0n) is 16.9. The van der Waals surface area contributed by atoms with Crippen molar-refractivity contribution in [1.29, 1.82) is 0 Å². The fourth-order valence-electron chi connectivity index (χ4n) is 3.58. The number of rotatable bonds is 5. The number of hydrogen-bond donors (Lipinski definition) is 1. The summed E-state index contributed by atoms with van der Waals surface area (Å²) in [7, 11) is 1.60. The molecule has 0 amide bonds. The van der Waals surface area contributed by atoms with Crippen LogP contribution in [0.3, 0.4) is 0 Å². The molecule has 0 atom stereocenters. The van der Waals surface area contributed by atoms with Crippen molar-refractivity contribution < 1.29 is 13.2 Å². The van der Waals surface area contributed by atoms with E-state index in [4.69, 9.17) is 0 Å². The molecule has 0 radical (unpaired) electrons. The summed E-state index contributed by atoms with van der Waals surface area (Å²) in [6.45, 7) is 2.37. The van der Waals surface area contributed by atoms with Gasteiger partial charge in [-0.15, -0.1) is 0 Å². The number of halogens is 3. The molecule has 0 aliphatic carbocycles. The summed E-state index contributed by atoms with van der Waals surface area (Å²) in [5.41, 5.74) is 1.01. The average molecular weight is 431 g/mol. The van der Waals surface area contributed by atoms with E-state index >= 15 is 0 Å². The second-order valence-corrected chi connectivity index (χ2v) is 7.37. The number of alkyl halides is 3. The summed E-state index contributed by atoms with van der Waals surface area (Å²) in [5, 5.41) is 4.22. The van der Waals surface area contributed by atoms with Crippen molar-refractivity contribution >= 4 is 11.0 Å². The highest BCUT2D eigenvalue weighted by Gasteiger charge is 2.30. The Labute approximate surface area is 174 Å². The standard InChI is InChI=1S/C21H20F3N5O2/c1-3-7-29-19(30)18-17(27(2)20(29)31)9-16(26-18)14-10-25-28(12-14)11-13-5-4-6-15(8-13)21(22,23)24/h4-6,8-10,12,26H,3,7,11H2,1-2H3. The van der Waals surface area contributed by atoms with E-state index in [0.29, 0.717) is 40.8 Å². The highest BCUT2D eigenvalue weighted by molar-refractivity contribution is 5.82. The molecule has 0 saturated carbocycles. The Bertz CT molecular complexity index is 1370. The van der Waals surface area contributed by atoms with Gasteiger partial charge in [0.2, 0.25) is 0 Å². The molecule has 162 valence electrons. The van der Waals surface area contributed by atoms with Crippen molar-refractivity contribution in [1.82, 2.24) is 23.9 Å². The Morgan fingerprint density at radius 3 is 2.65 bits per heavy atom. The van der Waals surface area contributed by atoms with E-state index in [1.165, 1.54) is 19.9 Å². The van der Waals surface area contributed by atoms with Gasteiger partial charge in [-0.3, -0.25) is 18.6 Å². The molecule has 7 nitrogen and oxygen atoms in total. The van der Waals surface area contributed by atoms with Gasteiger partial charge in [-0.2, -0.15) is 18.3 Å². The third kappa shape index (κ3) is 3.80. The normalized spacial score (nSPS) is 12.0. The van der Waals surface area contributed by atoms with Crippen LogP contribution < -0.4 is 11.2 Å². The zero-order valence-corrected chi connectivity index (χ0v) is 16.9. The summed E-state index contributed by atoms with van der Waals surface area (Å²) in [6.07, 6.45) is -0.526. The summed E-state index contributed by atoms with van der Waals surface area (Å²) in [4.78, 5) is 28.2. The molecule has 0 saturated heterocycles. The van der Waals surface area contributed by atoms with Crippen molar-refractivity contribution in [3.8, 4) is 11.3 Å². The van der Waals surface area contributed by atoms with E-state index in [9.17, 15) is 22.8 Å². The summed E-state index contributed by atoms with van der Waals surface area (Å²) in [5.74, 6) is 0. The maximum Gasteiger partial charge on any atom is 0.416 e. The van der Waals surface area contributed by atoms with Crippen molar-refractivity contribution in [3.63, 3.8) is 0 Å². The molecule has 3 heterocycles. The highest BCUT2D eigenvalue weighted by Crippen LogP contribution is 2.29. The van der Waals surface area contributed by atoms with Gasteiger partial charge in [-0.05, 0) is 30.2 Å². The number of fused-ring (bicyclic) bond motifs is 1. The number of hydrogen-bond acceptors (Lipinski definition) is 3. The second kappa shape index (κ2) is 7.60. The van der Waals surface area contributed by atoms with Crippen molar-refractivity contribution in [2.24, 2.45) is 7.05 Å². The van der Waals surface area contributed by atoms with Crippen molar-refractivity contribution in [2.75, 3.05) is 0 Å². The highest BCUT2D eigenvalue weighted by atomic mass is 19.4. The van der Waals surface area contributed by atoms with Gasteiger partial charge in [-0.25, -0.2) is 4.79 Å². The first kappa shape index (κ1) is 20.7. The molecule has 1 aromatic carbocycles. The van der Waals surface area contributed by atoms with E-state index in [2.05, 4.69) is 10.1 Å². The lowest BCUT2D eigenvalue weighted by atomic mass is 10.1.